The Hall–Kier alpha value is -1.75. The summed E-state index contributed by atoms with van der Waals surface area (Å²) in [6.45, 7) is 8.20. The van der Waals surface area contributed by atoms with Crippen LogP contribution in [0.2, 0.25) is 0 Å². The average Bonchev–Trinajstić information content (AvgIpc) is 2.80. The number of rotatable bonds is 2. The van der Waals surface area contributed by atoms with Gasteiger partial charge in [-0.05, 0) is 26.0 Å². The number of aromatic nitrogens is 1. The van der Waals surface area contributed by atoms with Crippen LogP contribution in [-0.4, -0.2) is 31.2 Å². The predicted molar refractivity (Wildman–Crippen MR) is 86.9 cm³/mol. The lowest BCUT2D eigenvalue weighted by atomic mass is 10.2. The summed E-state index contributed by atoms with van der Waals surface area (Å²) < 4.78 is 0. The summed E-state index contributed by atoms with van der Waals surface area (Å²) in [5, 5.41) is 1.15. The van der Waals surface area contributed by atoms with E-state index in [0.717, 1.165) is 48.4 Å². The van der Waals surface area contributed by atoms with Gasteiger partial charge < -0.3 is 15.5 Å². The van der Waals surface area contributed by atoms with Crippen LogP contribution in [0.15, 0.2) is 24.3 Å². The van der Waals surface area contributed by atoms with E-state index in [1.165, 1.54) is 4.88 Å². The lowest BCUT2D eigenvalue weighted by Gasteiger charge is -2.36. The third-order valence-electron chi connectivity index (χ3n) is 3.84. The third kappa shape index (κ3) is 2.45. The van der Waals surface area contributed by atoms with Gasteiger partial charge >= 0.3 is 0 Å². The third-order valence-corrected chi connectivity index (χ3v) is 4.98. The highest BCUT2D eigenvalue weighted by atomic mass is 32.1. The van der Waals surface area contributed by atoms with Gasteiger partial charge in [0.2, 0.25) is 0 Å². The first kappa shape index (κ1) is 13.2. The number of nitrogens with two attached hydrogens (primary N) is 1. The molecule has 3 rings (SSSR count). The number of benzene rings is 1. The van der Waals surface area contributed by atoms with E-state index >= 15 is 0 Å². The average molecular weight is 288 g/mol. The van der Waals surface area contributed by atoms with Gasteiger partial charge in [-0.25, -0.2) is 4.98 Å². The minimum Gasteiger partial charge on any atom is -0.397 e. The van der Waals surface area contributed by atoms with E-state index in [0.29, 0.717) is 0 Å². The van der Waals surface area contributed by atoms with Crippen molar-refractivity contribution in [2.75, 3.05) is 41.7 Å². The van der Waals surface area contributed by atoms with Crippen molar-refractivity contribution in [3.63, 3.8) is 0 Å². The number of nitrogens with zero attached hydrogens (tertiary/aromatic N) is 3. The first-order valence-electron chi connectivity index (χ1n) is 6.93. The lowest BCUT2D eigenvalue weighted by Crippen LogP contribution is -2.46. The second-order valence-corrected chi connectivity index (χ2v) is 6.35. The number of thiazole rings is 1. The molecule has 5 heteroatoms. The Morgan fingerprint density at radius 2 is 1.70 bits per heavy atom. The zero-order chi connectivity index (χ0) is 14.1. The Balaban J connectivity index is 1.69. The standard InChI is InChI=1S/C15H20N4S/c1-11-12(2)20-15(17-11)19-9-7-18(8-10-19)14-6-4-3-5-13(14)16/h3-6H,7-10,16H2,1-2H3. The van der Waals surface area contributed by atoms with Crippen LogP contribution in [-0.2, 0) is 0 Å². The molecular weight excluding hydrogens is 268 g/mol. The smallest absolute Gasteiger partial charge is 0.185 e. The van der Waals surface area contributed by atoms with E-state index in [4.69, 9.17) is 5.73 Å². The molecular formula is C15H20N4S. The molecule has 0 saturated carbocycles. The molecule has 0 bridgehead atoms. The number of hydrogen-bond acceptors (Lipinski definition) is 5. The van der Waals surface area contributed by atoms with Crippen molar-refractivity contribution >= 4 is 27.8 Å². The molecule has 2 N–H and O–H groups in total. The number of para-hydroxylation sites is 2. The van der Waals surface area contributed by atoms with E-state index in [-0.39, 0.29) is 0 Å². The quantitative estimate of drug-likeness (QED) is 0.863. The van der Waals surface area contributed by atoms with Gasteiger partial charge in [-0.1, -0.05) is 12.1 Å². The van der Waals surface area contributed by atoms with Crippen molar-refractivity contribution in [1.82, 2.24) is 4.98 Å². The van der Waals surface area contributed by atoms with Gasteiger partial charge in [0, 0.05) is 31.1 Å². The normalized spacial score (nSPS) is 15.7. The van der Waals surface area contributed by atoms with Crippen LogP contribution >= 0.6 is 11.3 Å². The second kappa shape index (κ2) is 5.32. The highest BCUT2D eigenvalue weighted by molar-refractivity contribution is 7.15. The highest BCUT2D eigenvalue weighted by Crippen LogP contribution is 2.28. The Morgan fingerprint density at radius 3 is 2.30 bits per heavy atom. The van der Waals surface area contributed by atoms with Gasteiger partial charge in [-0.3, -0.25) is 0 Å². The minimum atomic E-state index is 0.863. The molecule has 0 aliphatic carbocycles. The monoisotopic (exact) mass is 288 g/mol. The molecule has 0 spiro atoms. The van der Waals surface area contributed by atoms with E-state index in [1.54, 1.807) is 11.3 Å². The molecule has 0 radical (unpaired) electrons. The molecule has 0 amide bonds. The van der Waals surface area contributed by atoms with Crippen LogP contribution in [0.5, 0.6) is 0 Å². The first-order chi connectivity index (χ1) is 9.65. The number of nitrogen functional groups attached to an aromatic ring is 1. The molecule has 0 atom stereocenters. The minimum absolute atomic E-state index is 0.863. The molecule has 1 fully saturated rings. The summed E-state index contributed by atoms with van der Waals surface area (Å²) in [5.74, 6) is 0. The fourth-order valence-corrected chi connectivity index (χ4v) is 3.47. The Morgan fingerprint density at radius 1 is 1.05 bits per heavy atom. The molecule has 4 nitrogen and oxygen atoms in total. The van der Waals surface area contributed by atoms with E-state index in [1.807, 2.05) is 18.2 Å². The fraction of sp³-hybridized carbons (Fsp3) is 0.400. The summed E-state index contributed by atoms with van der Waals surface area (Å²) in [5.41, 5.74) is 9.22. The maximum atomic E-state index is 6.05. The zero-order valence-electron chi connectivity index (χ0n) is 12.0. The second-order valence-electron chi connectivity index (χ2n) is 5.17. The summed E-state index contributed by atoms with van der Waals surface area (Å²) in [4.78, 5) is 10.7. The maximum absolute atomic E-state index is 6.05. The van der Waals surface area contributed by atoms with Gasteiger partial charge in [-0.2, -0.15) is 0 Å². The largest absolute Gasteiger partial charge is 0.397 e. The molecule has 106 valence electrons. The van der Waals surface area contributed by atoms with Gasteiger partial charge in [0.25, 0.3) is 0 Å². The first-order valence-corrected chi connectivity index (χ1v) is 7.75. The molecule has 2 heterocycles. The fourth-order valence-electron chi connectivity index (χ4n) is 2.51. The molecule has 2 aromatic rings. The van der Waals surface area contributed by atoms with Crippen LogP contribution in [0.1, 0.15) is 10.6 Å². The Kier molecular flexibility index (Phi) is 3.53. The molecule has 1 aliphatic rings. The van der Waals surface area contributed by atoms with Crippen molar-refractivity contribution in [2.24, 2.45) is 0 Å². The number of aryl methyl sites for hydroxylation is 2. The molecule has 0 unspecified atom stereocenters. The van der Waals surface area contributed by atoms with Crippen LogP contribution in [0.25, 0.3) is 0 Å². The SMILES string of the molecule is Cc1nc(N2CCN(c3ccccc3N)CC2)sc1C. The van der Waals surface area contributed by atoms with Crippen LogP contribution < -0.4 is 15.5 Å². The molecule has 1 aromatic heterocycles. The predicted octanol–water partition coefficient (Wildman–Crippen LogP) is 2.67. The summed E-state index contributed by atoms with van der Waals surface area (Å²) in [6, 6.07) is 8.10. The van der Waals surface area contributed by atoms with Crippen LogP contribution in [0.4, 0.5) is 16.5 Å². The van der Waals surface area contributed by atoms with E-state index in [9.17, 15) is 0 Å². The van der Waals surface area contributed by atoms with E-state index in [2.05, 4.69) is 34.7 Å². The summed E-state index contributed by atoms with van der Waals surface area (Å²) in [7, 11) is 0. The molecule has 20 heavy (non-hydrogen) atoms. The van der Waals surface area contributed by atoms with E-state index < -0.39 is 0 Å². The Bertz CT molecular complexity index is 580. The van der Waals surface area contributed by atoms with Crippen molar-refractivity contribution < 1.29 is 0 Å². The Labute approximate surface area is 123 Å². The van der Waals surface area contributed by atoms with Gasteiger partial charge in [0.05, 0.1) is 17.1 Å². The maximum Gasteiger partial charge on any atom is 0.185 e. The van der Waals surface area contributed by atoms with Crippen LogP contribution in [0, 0.1) is 13.8 Å². The summed E-state index contributed by atoms with van der Waals surface area (Å²) in [6.07, 6.45) is 0. The van der Waals surface area contributed by atoms with Crippen molar-refractivity contribution in [3.8, 4) is 0 Å². The van der Waals surface area contributed by atoms with Crippen molar-refractivity contribution in [3.05, 3.63) is 34.8 Å². The molecule has 1 saturated heterocycles. The number of anilines is 3. The lowest BCUT2D eigenvalue weighted by molar-refractivity contribution is 0.652. The molecule has 1 aliphatic heterocycles. The van der Waals surface area contributed by atoms with Gasteiger partial charge in [0.15, 0.2) is 5.13 Å². The highest BCUT2D eigenvalue weighted by Gasteiger charge is 2.21. The molecule has 1 aromatic carbocycles. The number of hydrogen-bond donors (Lipinski definition) is 1. The van der Waals surface area contributed by atoms with Crippen LogP contribution in [0.3, 0.4) is 0 Å². The van der Waals surface area contributed by atoms with Gasteiger partial charge in [0.1, 0.15) is 0 Å². The topological polar surface area (TPSA) is 45.4 Å². The van der Waals surface area contributed by atoms with Gasteiger partial charge in [-0.15, -0.1) is 11.3 Å². The van der Waals surface area contributed by atoms with Crippen molar-refractivity contribution in [1.29, 1.82) is 0 Å². The summed E-state index contributed by atoms with van der Waals surface area (Å²) >= 11 is 1.79. The van der Waals surface area contributed by atoms with Crippen molar-refractivity contribution in [2.45, 2.75) is 13.8 Å². The number of piperazine rings is 1. The zero-order valence-corrected chi connectivity index (χ0v) is 12.8.